The normalized spacial score (nSPS) is 10.1. The van der Waals surface area contributed by atoms with E-state index in [0.29, 0.717) is 11.4 Å². The van der Waals surface area contributed by atoms with E-state index in [1.165, 1.54) is 0 Å². The summed E-state index contributed by atoms with van der Waals surface area (Å²) in [7, 11) is 3.22. The maximum absolute atomic E-state index is 6.01. The fourth-order valence-corrected chi connectivity index (χ4v) is 2.13. The predicted molar refractivity (Wildman–Crippen MR) is 81.4 cm³/mol. The molecule has 0 spiro atoms. The number of ether oxygens (including phenoxy) is 2. The van der Waals surface area contributed by atoms with Gasteiger partial charge in [0, 0.05) is 11.8 Å². The van der Waals surface area contributed by atoms with Gasteiger partial charge >= 0.3 is 0 Å². The molecule has 0 saturated heterocycles. The predicted octanol–water partition coefficient (Wildman–Crippen LogP) is 3.79. The zero-order valence-corrected chi connectivity index (χ0v) is 12.3. The zero-order valence-electron chi connectivity index (χ0n) is 10.7. The SMILES string of the molecule is COc1cc(Nc2cccc(OC)c2N)ccc1Br. The third kappa shape index (κ3) is 2.93. The first-order chi connectivity index (χ1) is 9.15. The van der Waals surface area contributed by atoms with E-state index < -0.39 is 0 Å². The van der Waals surface area contributed by atoms with Gasteiger partial charge in [-0.3, -0.25) is 0 Å². The highest BCUT2D eigenvalue weighted by Crippen LogP contribution is 2.33. The standard InChI is InChI=1S/C14H15BrN2O2/c1-18-12-5-3-4-11(14(12)16)17-9-6-7-10(15)13(8-9)19-2/h3-8,17H,16H2,1-2H3. The second kappa shape index (κ2) is 5.84. The van der Waals surface area contributed by atoms with E-state index in [1.807, 2.05) is 36.4 Å². The van der Waals surface area contributed by atoms with Crippen LogP contribution in [0, 0.1) is 0 Å². The van der Waals surface area contributed by atoms with Gasteiger partial charge in [0.25, 0.3) is 0 Å². The molecule has 0 unspecified atom stereocenters. The van der Waals surface area contributed by atoms with Gasteiger partial charge < -0.3 is 20.5 Å². The van der Waals surface area contributed by atoms with Crippen molar-refractivity contribution < 1.29 is 9.47 Å². The molecule has 0 radical (unpaired) electrons. The molecule has 2 aromatic rings. The van der Waals surface area contributed by atoms with E-state index in [1.54, 1.807) is 14.2 Å². The zero-order chi connectivity index (χ0) is 13.8. The molecule has 3 N–H and O–H groups in total. The van der Waals surface area contributed by atoms with E-state index in [9.17, 15) is 0 Å². The number of para-hydroxylation sites is 1. The summed E-state index contributed by atoms with van der Waals surface area (Å²) in [5.41, 5.74) is 8.27. The molecule has 0 heterocycles. The molecule has 100 valence electrons. The Balaban J connectivity index is 2.31. The van der Waals surface area contributed by atoms with Crippen LogP contribution in [-0.4, -0.2) is 14.2 Å². The second-order valence-corrected chi connectivity index (χ2v) is 4.75. The number of halogens is 1. The van der Waals surface area contributed by atoms with Gasteiger partial charge in [-0.05, 0) is 40.2 Å². The van der Waals surface area contributed by atoms with E-state index in [4.69, 9.17) is 15.2 Å². The summed E-state index contributed by atoms with van der Waals surface area (Å²) in [5, 5.41) is 3.24. The number of anilines is 3. The molecule has 5 heteroatoms. The summed E-state index contributed by atoms with van der Waals surface area (Å²) >= 11 is 3.42. The molecule has 2 aromatic carbocycles. The first kappa shape index (κ1) is 13.5. The molecule has 0 aromatic heterocycles. The van der Waals surface area contributed by atoms with Crippen LogP contribution in [0.15, 0.2) is 40.9 Å². The molecular weight excluding hydrogens is 308 g/mol. The van der Waals surface area contributed by atoms with Gasteiger partial charge in [0.1, 0.15) is 11.5 Å². The maximum Gasteiger partial charge on any atom is 0.143 e. The van der Waals surface area contributed by atoms with Crippen LogP contribution in [-0.2, 0) is 0 Å². The van der Waals surface area contributed by atoms with Crippen LogP contribution in [0.4, 0.5) is 17.1 Å². The summed E-state index contributed by atoms with van der Waals surface area (Å²) in [6.07, 6.45) is 0. The highest BCUT2D eigenvalue weighted by molar-refractivity contribution is 9.10. The number of nitrogen functional groups attached to an aromatic ring is 1. The molecule has 0 atom stereocenters. The van der Waals surface area contributed by atoms with Crippen LogP contribution in [0.2, 0.25) is 0 Å². The van der Waals surface area contributed by atoms with Gasteiger partial charge in [0.15, 0.2) is 0 Å². The van der Waals surface area contributed by atoms with E-state index in [0.717, 1.165) is 21.6 Å². The Hall–Kier alpha value is -1.88. The van der Waals surface area contributed by atoms with Crippen molar-refractivity contribution in [1.29, 1.82) is 0 Å². The van der Waals surface area contributed by atoms with Gasteiger partial charge in [-0.25, -0.2) is 0 Å². The van der Waals surface area contributed by atoms with Crippen molar-refractivity contribution >= 4 is 33.0 Å². The molecule has 0 amide bonds. The van der Waals surface area contributed by atoms with Gasteiger partial charge in [-0.1, -0.05) is 6.07 Å². The molecule has 2 rings (SSSR count). The monoisotopic (exact) mass is 322 g/mol. The lowest BCUT2D eigenvalue weighted by molar-refractivity contribution is 0.412. The summed E-state index contributed by atoms with van der Waals surface area (Å²) in [6.45, 7) is 0. The molecule has 0 aliphatic rings. The van der Waals surface area contributed by atoms with Gasteiger partial charge in [-0.15, -0.1) is 0 Å². The molecule has 0 aliphatic carbocycles. The topological polar surface area (TPSA) is 56.5 Å². The lowest BCUT2D eigenvalue weighted by Gasteiger charge is -2.13. The Kier molecular flexibility index (Phi) is 4.16. The number of rotatable bonds is 4. The quantitative estimate of drug-likeness (QED) is 0.841. The average molecular weight is 323 g/mol. The van der Waals surface area contributed by atoms with Crippen molar-refractivity contribution in [3.63, 3.8) is 0 Å². The molecule has 19 heavy (non-hydrogen) atoms. The fraction of sp³-hybridized carbons (Fsp3) is 0.143. The van der Waals surface area contributed by atoms with Crippen LogP contribution in [0.25, 0.3) is 0 Å². The van der Waals surface area contributed by atoms with Gasteiger partial charge in [-0.2, -0.15) is 0 Å². The Morgan fingerprint density at radius 1 is 1.05 bits per heavy atom. The van der Waals surface area contributed by atoms with Crippen LogP contribution >= 0.6 is 15.9 Å². The van der Waals surface area contributed by atoms with Crippen molar-refractivity contribution in [3.05, 3.63) is 40.9 Å². The lowest BCUT2D eigenvalue weighted by Crippen LogP contribution is -1.99. The van der Waals surface area contributed by atoms with Gasteiger partial charge in [0.05, 0.1) is 30.1 Å². The molecule has 0 saturated carbocycles. The van der Waals surface area contributed by atoms with Crippen molar-refractivity contribution in [2.45, 2.75) is 0 Å². The number of benzene rings is 2. The summed E-state index contributed by atoms with van der Waals surface area (Å²) < 4.78 is 11.3. The number of nitrogens with one attached hydrogen (secondary N) is 1. The number of hydrogen-bond acceptors (Lipinski definition) is 4. The fourth-order valence-electron chi connectivity index (χ4n) is 1.72. The molecule has 0 aliphatic heterocycles. The second-order valence-electron chi connectivity index (χ2n) is 3.90. The number of hydrogen-bond donors (Lipinski definition) is 2. The Labute approximate surface area is 120 Å². The first-order valence-electron chi connectivity index (χ1n) is 5.68. The first-order valence-corrected chi connectivity index (χ1v) is 6.48. The Bertz CT molecular complexity index is 588. The minimum atomic E-state index is 0.576. The molecular formula is C14H15BrN2O2. The minimum Gasteiger partial charge on any atom is -0.495 e. The number of methoxy groups -OCH3 is 2. The Morgan fingerprint density at radius 2 is 1.79 bits per heavy atom. The van der Waals surface area contributed by atoms with Crippen molar-refractivity contribution in [3.8, 4) is 11.5 Å². The third-order valence-corrected chi connectivity index (χ3v) is 3.37. The third-order valence-electron chi connectivity index (χ3n) is 2.72. The summed E-state index contributed by atoms with van der Waals surface area (Å²) in [5.74, 6) is 1.40. The van der Waals surface area contributed by atoms with E-state index in [2.05, 4.69) is 21.2 Å². The van der Waals surface area contributed by atoms with Crippen molar-refractivity contribution in [2.75, 3.05) is 25.3 Å². The molecule has 0 bridgehead atoms. The smallest absolute Gasteiger partial charge is 0.143 e. The van der Waals surface area contributed by atoms with Crippen molar-refractivity contribution in [1.82, 2.24) is 0 Å². The average Bonchev–Trinajstić information content (AvgIpc) is 2.43. The van der Waals surface area contributed by atoms with E-state index in [-0.39, 0.29) is 0 Å². The maximum atomic E-state index is 6.01. The van der Waals surface area contributed by atoms with Crippen molar-refractivity contribution in [2.24, 2.45) is 0 Å². The summed E-state index contributed by atoms with van der Waals surface area (Å²) in [4.78, 5) is 0. The highest BCUT2D eigenvalue weighted by atomic mass is 79.9. The lowest BCUT2D eigenvalue weighted by atomic mass is 10.2. The summed E-state index contributed by atoms with van der Waals surface area (Å²) in [6, 6.07) is 11.3. The minimum absolute atomic E-state index is 0.576. The van der Waals surface area contributed by atoms with Gasteiger partial charge in [0.2, 0.25) is 0 Å². The van der Waals surface area contributed by atoms with E-state index >= 15 is 0 Å². The highest BCUT2D eigenvalue weighted by Gasteiger charge is 2.07. The number of nitrogens with two attached hydrogens (primary N) is 1. The molecule has 4 nitrogen and oxygen atoms in total. The van der Waals surface area contributed by atoms with Crippen LogP contribution in [0.5, 0.6) is 11.5 Å². The largest absolute Gasteiger partial charge is 0.495 e. The molecule has 0 fully saturated rings. The van der Waals surface area contributed by atoms with Crippen LogP contribution < -0.4 is 20.5 Å². The van der Waals surface area contributed by atoms with Crippen LogP contribution in [0.1, 0.15) is 0 Å². The Morgan fingerprint density at radius 3 is 2.47 bits per heavy atom. The van der Waals surface area contributed by atoms with Crippen LogP contribution in [0.3, 0.4) is 0 Å².